The van der Waals surface area contributed by atoms with Gasteiger partial charge in [-0.05, 0) is 53.6 Å². The van der Waals surface area contributed by atoms with E-state index >= 15 is 0 Å². The van der Waals surface area contributed by atoms with Crippen LogP contribution in [-0.2, 0) is 6.42 Å². The summed E-state index contributed by atoms with van der Waals surface area (Å²) >= 11 is 0. The molecule has 1 aliphatic rings. The van der Waals surface area contributed by atoms with Crippen LogP contribution in [0.2, 0.25) is 0 Å². The highest BCUT2D eigenvalue weighted by Gasteiger charge is 2.22. The highest BCUT2D eigenvalue weighted by atomic mass is 16.7. The number of rotatable bonds is 4. The standard InChI is InChI=1S/C19H19NO4/c1-21-15-6-5-13-14(18(15)22-2)4-3-12-11(7-8-20)9-16-19(17(12)13)24-10-23-16/h3-6,9H,7-8,10,20H2,1-2H3. The monoisotopic (exact) mass is 325 g/mol. The highest BCUT2D eigenvalue weighted by Crippen LogP contribution is 2.47. The van der Waals surface area contributed by atoms with Crippen LogP contribution in [0.3, 0.4) is 0 Å². The lowest BCUT2D eigenvalue weighted by Gasteiger charge is -2.15. The molecule has 2 N–H and O–H groups in total. The molecule has 1 heterocycles. The summed E-state index contributed by atoms with van der Waals surface area (Å²) in [7, 11) is 3.29. The zero-order valence-electron chi connectivity index (χ0n) is 13.7. The van der Waals surface area contributed by atoms with Gasteiger partial charge in [0.05, 0.1) is 14.2 Å². The molecule has 0 amide bonds. The van der Waals surface area contributed by atoms with Gasteiger partial charge < -0.3 is 24.7 Å². The normalized spacial score (nSPS) is 12.8. The first-order valence-corrected chi connectivity index (χ1v) is 7.87. The van der Waals surface area contributed by atoms with Crippen molar-refractivity contribution in [2.24, 2.45) is 5.73 Å². The average molecular weight is 325 g/mol. The van der Waals surface area contributed by atoms with Crippen molar-refractivity contribution in [2.75, 3.05) is 27.6 Å². The van der Waals surface area contributed by atoms with Gasteiger partial charge in [0, 0.05) is 10.8 Å². The van der Waals surface area contributed by atoms with E-state index in [-0.39, 0.29) is 6.79 Å². The second-order valence-corrected chi connectivity index (χ2v) is 5.69. The van der Waals surface area contributed by atoms with E-state index in [1.54, 1.807) is 14.2 Å². The van der Waals surface area contributed by atoms with Crippen molar-refractivity contribution in [3.05, 3.63) is 35.9 Å². The molecule has 0 unspecified atom stereocenters. The van der Waals surface area contributed by atoms with Crippen LogP contribution in [0.5, 0.6) is 23.0 Å². The van der Waals surface area contributed by atoms with E-state index in [1.807, 2.05) is 18.2 Å². The van der Waals surface area contributed by atoms with Gasteiger partial charge in [-0.1, -0.05) is 6.07 Å². The Morgan fingerprint density at radius 3 is 2.54 bits per heavy atom. The van der Waals surface area contributed by atoms with Crippen LogP contribution >= 0.6 is 0 Å². The Balaban J connectivity index is 2.14. The molecule has 24 heavy (non-hydrogen) atoms. The molecule has 4 rings (SSSR count). The second kappa shape index (κ2) is 5.76. The fourth-order valence-corrected chi connectivity index (χ4v) is 3.43. The molecule has 0 saturated heterocycles. The number of hydrogen-bond donors (Lipinski definition) is 1. The summed E-state index contributed by atoms with van der Waals surface area (Å²) in [5.41, 5.74) is 6.94. The SMILES string of the molecule is COc1ccc2c(ccc3c(CCN)cc4c(c32)OCO4)c1OC. The van der Waals surface area contributed by atoms with E-state index in [0.717, 1.165) is 45.0 Å². The van der Waals surface area contributed by atoms with Gasteiger partial charge in [-0.3, -0.25) is 0 Å². The van der Waals surface area contributed by atoms with E-state index in [2.05, 4.69) is 12.1 Å². The van der Waals surface area contributed by atoms with Crippen LogP contribution in [0.15, 0.2) is 30.3 Å². The first-order chi connectivity index (χ1) is 11.8. The number of ether oxygens (including phenoxy) is 4. The minimum atomic E-state index is 0.236. The molecule has 3 aromatic rings. The Morgan fingerprint density at radius 1 is 1.00 bits per heavy atom. The molecule has 0 atom stereocenters. The molecule has 0 aromatic heterocycles. The summed E-state index contributed by atoms with van der Waals surface area (Å²) < 4.78 is 22.4. The molecular formula is C19H19NO4. The smallest absolute Gasteiger partial charge is 0.231 e. The number of hydrogen-bond acceptors (Lipinski definition) is 5. The van der Waals surface area contributed by atoms with Crippen molar-refractivity contribution < 1.29 is 18.9 Å². The maximum atomic E-state index is 5.78. The minimum absolute atomic E-state index is 0.236. The van der Waals surface area contributed by atoms with Crippen LogP contribution in [0.4, 0.5) is 0 Å². The Labute approximate surface area is 139 Å². The third kappa shape index (κ3) is 2.05. The zero-order chi connectivity index (χ0) is 16.7. The van der Waals surface area contributed by atoms with Gasteiger partial charge >= 0.3 is 0 Å². The Kier molecular flexibility index (Phi) is 3.58. The van der Waals surface area contributed by atoms with Crippen LogP contribution in [0.1, 0.15) is 5.56 Å². The van der Waals surface area contributed by atoms with E-state index < -0.39 is 0 Å². The van der Waals surface area contributed by atoms with Crippen LogP contribution in [0.25, 0.3) is 21.5 Å². The second-order valence-electron chi connectivity index (χ2n) is 5.69. The van der Waals surface area contributed by atoms with Crippen molar-refractivity contribution in [3.63, 3.8) is 0 Å². The van der Waals surface area contributed by atoms with Crippen molar-refractivity contribution in [1.29, 1.82) is 0 Å². The van der Waals surface area contributed by atoms with E-state index in [9.17, 15) is 0 Å². The molecule has 5 nitrogen and oxygen atoms in total. The number of methoxy groups -OCH3 is 2. The third-order valence-electron chi connectivity index (χ3n) is 4.47. The van der Waals surface area contributed by atoms with Gasteiger partial charge in [-0.25, -0.2) is 0 Å². The molecule has 0 spiro atoms. The lowest BCUT2D eigenvalue weighted by atomic mass is 9.95. The molecule has 0 aliphatic carbocycles. The highest BCUT2D eigenvalue weighted by molar-refractivity contribution is 6.14. The largest absolute Gasteiger partial charge is 0.493 e. The summed E-state index contributed by atoms with van der Waals surface area (Å²) in [6.45, 7) is 0.818. The molecule has 1 aliphatic heterocycles. The topological polar surface area (TPSA) is 62.9 Å². The van der Waals surface area contributed by atoms with Crippen molar-refractivity contribution >= 4 is 21.5 Å². The molecule has 0 saturated carbocycles. The Morgan fingerprint density at radius 2 is 1.79 bits per heavy atom. The first-order valence-electron chi connectivity index (χ1n) is 7.87. The van der Waals surface area contributed by atoms with Crippen molar-refractivity contribution in [2.45, 2.75) is 6.42 Å². The first kappa shape index (κ1) is 14.9. The summed E-state index contributed by atoms with van der Waals surface area (Å²) in [6, 6.07) is 10.1. The van der Waals surface area contributed by atoms with Crippen molar-refractivity contribution in [1.82, 2.24) is 0 Å². The summed E-state index contributed by atoms with van der Waals surface area (Å²) in [6.07, 6.45) is 0.784. The predicted molar refractivity (Wildman–Crippen MR) is 93.4 cm³/mol. The molecule has 3 aromatic carbocycles. The summed E-state index contributed by atoms with van der Waals surface area (Å²) in [5.74, 6) is 2.97. The van der Waals surface area contributed by atoms with Crippen LogP contribution in [0, 0.1) is 0 Å². The molecule has 124 valence electrons. The van der Waals surface area contributed by atoms with Gasteiger partial charge in [-0.15, -0.1) is 0 Å². The van der Waals surface area contributed by atoms with Gasteiger partial charge in [0.2, 0.25) is 6.79 Å². The van der Waals surface area contributed by atoms with E-state index in [0.29, 0.717) is 18.0 Å². The lowest BCUT2D eigenvalue weighted by molar-refractivity contribution is 0.175. The Bertz CT molecular complexity index is 936. The van der Waals surface area contributed by atoms with E-state index in [4.69, 9.17) is 24.7 Å². The van der Waals surface area contributed by atoms with Crippen LogP contribution in [-0.4, -0.2) is 27.6 Å². The minimum Gasteiger partial charge on any atom is -0.493 e. The fraction of sp³-hybridized carbons (Fsp3) is 0.263. The number of nitrogens with two attached hydrogens (primary N) is 1. The van der Waals surface area contributed by atoms with Gasteiger partial charge in [0.15, 0.2) is 23.0 Å². The average Bonchev–Trinajstić information content (AvgIpc) is 3.08. The van der Waals surface area contributed by atoms with E-state index in [1.165, 1.54) is 0 Å². The summed E-state index contributed by atoms with van der Waals surface area (Å²) in [5, 5.41) is 4.19. The maximum absolute atomic E-state index is 5.78. The van der Waals surface area contributed by atoms with Gasteiger partial charge in [0.25, 0.3) is 0 Å². The number of fused-ring (bicyclic) bond motifs is 5. The summed E-state index contributed by atoms with van der Waals surface area (Å²) in [4.78, 5) is 0. The van der Waals surface area contributed by atoms with Gasteiger partial charge in [-0.2, -0.15) is 0 Å². The number of benzene rings is 3. The molecular weight excluding hydrogens is 306 g/mol. The zero-order valence-corrected chi connectivity index (χ0v) is 13.7. The van der Waals surface area contributed by atoms with Gasteiger partial charge in [0.1, 0.15) is 0 Å². The third-order valence-corrected chi connectivity index (χ3v) is 4.47. The lowest BCUT2D eigenvalue weighted by Crippen LogP contribution is -2.03. The molecule has 0 radical (unpaired) electrons. The Hall–Kier alpha value is -2.66. The molecule has 5 heteroatoms. The predicted octanol–water partition coefficient (Wildman–Crippen LogP) is 3.24. The molecule has 0 bridgehead atoms. The quantitative estimate of drug-likeness (QED) is 0.746. The fourth-order valence-electron chi connectivity index (χ4n) is 3.43. The van der Waals surface area contributed by atoms with Crippen LogP contribution < -0.4 is 24.7 Å². The molecule has 0 fully saturated rings. The van der Waals surface area contributed by atoms with Crippen molar-refractivity contribution in [3.8, 4) is 23.0 Å². The maximum Gasteiger partial charge on any atom is 0.231 e.